The number of carbonyl (C=O) groups excluding carboxylic acids is 1. The van der Waals surface area contributed by atoms with Crippen LogP contribution in [0.2, 0.25) is 0 Å². The largest absolute Gasteiger partial charge is 0.464 e. The molecule has 1 aromatic heterocycles. The third-order valence-corrected chi connectivity index (χ3v) is 1.64. The van der Waals surface area contributed by atoms with Gasteiger partial charge < -0.3 is 10.5 Å². The van der Waals surface area contributed by atoms with E-state index in [4.69, 9.17) is 5.73 Å². The number of aromatic nitrogens is 1. The maximum atomic E-state index is 11.1. The molecule has 0 saturated heterocycles. The number of aryl methyl sites for hydroxylation is 1. The third-order valence-electron chi connectivity index (χ3n) is 1.64. The van der Waals surface area contributed by atoms with Gasteiger partial charge in [0.1, 0.15) is 5.69 Å². The van der Waals surface area contributed by atoms with Crippen LogP contribution in [0.4, 0.5) is 0 Å². The Balaban J connectivity index is 3.08. The van der Waals surface area contributed by atoms with Gasteiger partial charge in [-0.3, -0.25) is 0 Å². The minimum absolute atomic E-state index is 0.308. The summed E-state index contributed by atoms with van der Waals surface area (Å²) in [6, 6.07) is 3.48. The van der Waals surface area contributed by atoms with Crippen molar-refractivity contribution in [2.75, 3.05) is 7.11 Å². The molecule has 1 rings (SSSR count). The van der Waals surface area contributed by atoms with E-state index in [0.29, 0.717) is 12.2 Å². The molecule has 0 aromatic carbocycles. The van der Waals surface area contributed by atoms with E-state index in [0.717, 1.165) is 11.3 Å². The molecule has 0 aliphatic heterocycles. The molecule has 0 saturated carbocycles. The van der Waals surface area contributed by atoms with Crippen molar-refractivity contribution in [1.82, 2.24) is 4.98 Å². The zero-order chi connectivity index (χ0) is 9.84. The molecule has 1 heterocycles. The van der Waals surface area contributed by atoms with Crippen molar-refractivity contribution in [2.45, 2.75) is 13.5 Å². The number of esters is 1. The number of nitrogens with zero attached hydrogens (tertiary/aromatic N) is 1. The lowest BCUT2D eigenvalue weighted by Crippen LogP contribution is -2.07. The second kappa shape index (κ2) is 4.00. The number of rotatable bonds is 2. The number of methoxy groups -OCH3 is 1. The molecule has 70 valence electrons. The van der Waals surface area contributed by atoms with Crippen LogP contribution < -0.4 is 5.73 Å². The summed E-state index contributed by atoms with van der Waals surface area (Å²) in [4.78, 5) is 15.1. The smallest absolute Gasteiger partial charge is 0.356 e. The van der Waals surface area contributed by atoms with Gasteiger partial charge in [0.2, 0.25) is 0 Å². The van der Waals surface area contributed by atoms with E-state index in [1.807, 2.05) is 13.0 Å². The van der Waals surface area contributed by atoms with Crippen LogP contribution in [0.15, 0.2) is 12.1 Å². The monoisotopic (exact) mass is 180 g/mol. The molecule has 1 aromatic rings. The lowest BCUT2D eigenvalue weighted by atomic mass is 10.2. The summed E-state index contributed by atoms with van der Waals surface area (Å²) >= 11 is 0. The van der Waals surface area contributed by atoms with Gasteiger partial charge in [-0.2, -0.15) is 0 Å². The number of hydrogen-bond donors (Lipinski definition) is 1. The highest BCUT2D eigenvalue weighted by Gasteiger charge is 2.08. The van der Waals surface area contributed by atoms with E-state index < -0.39 is 5.97 Å². The Morgan fingerprint density at radius 3 is 2.85 bits per heavy atom. The molecule has 0 radical (unpaired) electrons. The Labute approximate surface area is 76.7 Å². The van der Waals surface area contributed by atoms with Gasteiger partial charge in [-0.1, -0.05) is 0 Å². The van der Waals surface area contributed by atoms with Crippen LogP contribution in [-0.4, -0.2) is 18.1 Å². The van der Waals surface area contributed by atoms with Crippen molar-refractivity contribution in [1.29, 1.82) is 0 Å². The highest BCUT2D eigenvalue weighted by molar-refractivity contribution is 5.87. The molecule has 0 aliphatic rings. The minimum atomic E-state index is -0.432. The lowest BCUT2D eigenvalue weighted by Gasteiger charge is -2.02. The first-order valence-corrected chi connectivity index (χ1v) is 3.93. The Bertz CT molecular complexity index is 323. The molecule has 0 amide bonds. The van der Waals surface area contributed by atoms with Crippen molar-refractivity contribution in [3.63, 3.8) is 0 Å². The number of hydrogen-bond acceptors (Lipinski definition) is 4. The Kier molecular flexibility index (Phi) is 2.97. The van der Waals surface area contributed by atoms with Gasteiger partial charge in [-0.15, -0.1) is 0 Å². The summed E-state index contributed by atoms with van der Waals surface area (Å²) < 4.78 is 4.55. The summed E-state index contributed by atoms with van der Waals surface area (Å²) in [7, 11) is 1.33. The Hall–Kier alpha value is -1.42. The number of carbonyl (C=O) groups is 1. The van der Waals surface area contributed by atoms with E-state index in [2.05, 4.69) is 9.72 Å². The Morgan fingerprint density at radius 1 is 1.62 bits per heavy atom. The van der Waals surface area contributed by atoms with Crippen LogP contribution in [0, 0.1) is 6.92 Å². The summed E-state index contributed by atoms with van der Waals surface area (Å²) in [5.41, 5.74) is 7.41. The van der Waals surface area contributed by atoms with Crippen LogP contribution in [-0.2, 0) is 11.3 Å². The quantitative estimate of drug-likeness (QED) is 0.678. The SMILES string of the molecule is COC(=O)c1cc(CN)cc(C)n1. The topological polar surface area (TPSA) is 65.2 Å². The molecule has 2 N–H and O–H groups in total. The van der Waals surface area contributed by atoms with E-state index >= 15 is 0 Å². The zero-order valence-corrected chi connectivity index (χ0v) is 7.70. The predicted octanol–water partition coefficient (Wildman–Crippen LogP) is 0.635. The average molecular weight is 180 g/mol. The molecule has 0 atom stereocenters. The summed E-state index contributed by atoms with van der Waals surface area (Å²) in [6.07, 6.45) is 0. The predicted molar refractivity (Wildman–Crippen MR) is 48.2 cm³/mol. The molecule has 0 bridgehead atoms. The van der Waals surface area contributed by atoms with Crippen molar-refractivity contribution in [3.05, 3.63) is 29.1 Å². The lowest BCUT2D eigenvalue weighted by molar-refractivity contribution is 0.0593. The highest BCUT2D eigenvalue weighted by Crippen LogP contribution is 2.05. The second-order valence-electron chi connectivity index (χ2n) is 2.70. The van der Waals surface area contributed by atoms with Crippen LogP contribution in [0.5, 0.6) is 0 Å². The van der Waals surface area contributed by atoms with Crippen molar-refractivity contribution < 1.29 is 9.53 Å². The fraction of sp³-hybridized carbons (Fsp3) is 0.333. The van der Waals surface area contributed by atoms with E-state index in [-0.39, 0.29) is 0 Å². The molecule has 4 heteroatoms. The molecule has 0 unspecified atom stereocenters. The first kappa shape index (κ1) is 9.67. The fourth-order valence-electron chi connectivity index (χ4n) is 1.07. The first-order chi connectivity index (χ1) is 6.17. The van der Waals surface area contributed by atoms with Gasteiger partial charge >= 0.3 is 5.97 Å². The van der Waals surface area contributed by atoms with Gasteiger partial charge in [0.05, 0.1) is 7.11 Å². The van der Waals surface area contributed by atoms with Gasteiger partial charge in [-0.05, 0) is 24.6 Å². The molecule has 0 spiro atoms. The first-order valence-electron chi connectivity index (χ1n) is 3.93. The van der Waals surface area contributed by atoms with Crippen LogP contribution in [0.25, 0.3) is 0 Å². The maximum Gasteiger partial charge on any atom is 0.356 e. The van der Waals surface area contributed by atoms with Gasteiger partial charge in [-0.25, -0.2) is 9.78 Å². The van der Waals surface area contributed by atoms with E-state index in [1.54, 1.807) is 6.07 Å². The van der Waals surface area contributed by atoms with Gasteiger partial charge in [0.15, 0.2) is 0 Å². The average Bonchev–Trinajstić information content (AvgIpc) is 2.15. The van der Waals surface area contributed by atoms with Gasteiger partial charge in [0.25, 0.3) is 0 Å². The van der Waals surface area contributed by atoms with Gasteiger partial charge in [0, 0.05) is 12.2 Å². The molecule has 0 fully saturated rings. The van der Waals surface area contributed by atoms with Crippen LogP contribution in [0.3, 0.4) is 0 Å². The summed E-state index contributed by atoms with van der Waals surface area (Å²) in [5, 5.41) is 0. The number of pyridine rings is 1. The standard InChI is InChI=1S/C9H12N2O2/c1-6-3-7(5-10)4-8(11-6)9(12)13-2/h3-4H,5,10H2,1-2H3. The molecular formula is C9H12N2O2. The van der Waals surface area contributed by atoms with E-state index in [1.165, 1.54) is 7.11 Å². The summed E-state index contributed by atoms with van der Waals surface area (Å²) in [6.45, 7) is 2.21. The fourth-order valence-corrected chi connectivity index (χ4v) is 1.07. The molecule has 13 heavy (non-hydrogen) atoms. The normalized spacial score (nSPS) is 9.77. The molecular weight excluding hydrogens is 168 g/mol. The number of ether oxygens (including phenoxy) is 1. The Morgan fingerprint density at radius 2 is 2.31 bits per heavy atom. The van der Waals surface area contributed by atoms with Crippen LogP contribution in [0.1, 0.15) is 21.7 Å². The van der Waals surface area contributed by atoms with Crippen LogP contribution >= 0.6 is 0 Å². The number of nitrogens with two attached hydrogens (primary N) is 1. The second-order valence-corrected chi connectivity index (χ2v) is 2.70. The third kappa shape index (κ3) is 2.26. The van der Waals surface area contributed by atoms with E-state index in [9.17, 15) is 4.79 Å². The maximum absolute atomic E-state index is 11.1. The zero-order valence-electron chi connectivity index (χ0n) is 7.70. The van der Waals surface area contributed by atoms with Crippen molar-refractivity contribution >= 4 is 5.97 Å². The van der Waals surface area contributed by atoms with Crippen molar-refractivity contribution in [2.24, 2.45) is 5.73 Å². The molecule has 4 nitrogen and oxygen atoms in total. The molecule has 0 aliphatic carbocycles. The van der Waals surface area contributed by atoms with Crippen molar-refractivity contribution in [3.8, 4) is 0 Å². The highest BCUT2D eigenvalue weighted by atomic mass is 16.5. The minimum Gasteiger partial charge on any atom is -0.464 e. The summed E-state index contributed by atoms with van der Waals surface area (Å²) in [5.74, 6) is -0.432.